The van der Waals surface area contributed by atoms with Crippen molar-refractivity contribution >= 4 is 40.6 Å². The van der Waals surface area contributed by atoms with Crippen LogP contribution in [0.4, 0.5) is 17.5 Å². The van der Waals surface area contributed by atoms with Crippen LogP contribution in [-0.4, -0.2) is 77.7 Å². The van der Waals surface area contributed by atoms with Crippen molar-refractivity contribution in [3.63, 3.8) is 0 Å². The molecule has 0 atom stereocenters. The number of amides is 1. The fourth-order valence-electron chi connectivity index (χ4n) is 4.39. The molecule has 0 radical (unpaired) electrons. The van der Waals surface area contributed by atoms with Gasteiger partial charge in [0, 0.05) is 43.2 Å². The molecule has 4 aromatic rings. The summed E-state index contributed by atoms with van der Waals surface area (Å²) >= 11 is 0. The van der Waals surface area contributed by atoms with Crippen molar-refractivity contribution in [3.05, 3.63) is 53.9 Å². The van der Waals surface area contributed by atoms with Crippen LogP contribution in [0.15, 0.2) is 51.3 Å². The zero-order valence-electron chi connectivity index (χ0n) is 21.6. The molecule has 3 N–H and O–H groups in total. The van der Waals surface area contributed by atoms with Crippen LogP contribution in [0.2, 0.25) is 0 Å². The number of rotatable bonds is 7. The summed E-state index contributed by atoms with van der Waals surface area (Å²) in [5.74, 6) is 0.120. The molecule has 4 aromatic heterocycles. The molecule has 1 saturated heterocycles. The van der Waals surface area contributed by atoms with Crippen molar-refractivity contribution in [2.24, 2.45) is 5.73 Å². The number of aryl methyl sites for hydroxylation is 1. The van der Waals surface area contributed by atoms with Gasteiger partial charge in [0.2, 0.25) is 11.5 Å². The van der Waals surface area contributed by atoms with Gasteiger partial charge in [0.1, 0.15) is 12.0 Å². The maximum Gasteiger partial charge on any atom is 0.324 e. The number of fused-ring (bicyclic) bond motifs is 1. The highest BCUT2D eigenvalue weighted by Crippen LogP contribution is 2.33. The second-order valence-electron chi connectivity index (χ2n) is 9.18. The van der Waals surface area contributed by atoms with Gasteiger partial charge in [0.25, 0.3) is 11.9 Å². The fraction of sp³-hybridized carbons (Fsp3) is 0.308. The van der Waals surface area contributed by atoms with E-state index in [0.29, 0.717) is 78.8 Å². The van der Waals surface area contributed by atoms with Crippen molar-refractivity contribution in [1.82, 2.24) is 19.9 Å². The molecule has 6 heterocycles. The molecule has 0 aromatic carbocycles. The van der Waals surface area contributed by atoms with E-state index in [0.717, 1.165) is 5.69 Å². The van der Waals surface area contributed by atoms with Crippen LogP contribution in [0.1, 0.15) is 16.2 Å². The van der Waals surface area contributed by atoms with Gasteiger partial charge in [-0.25, -0.2) is 9.97 Å². The van der Waals surface area contributed by atoms with Crippen molar-refractivity contribution in [3.8, 4) is 11.5 Å². The summed E-state index contributed by atoms with van der Waals surface area (Å²) in [5, 5.41) is 2.88. The number of pyridine rings is 2. The van der Waals surface area contributed by atoms with E-state index in [1.165, 1.54) is 6.26 Å². The number of nitrogens with two attached hydrogens (primary N) is 1. The zero-order valence-corrected chi connectivity index (χ0v) is 21.6. The molecule has 40 heavy (non-hydrogen) atoms. The minimum absolute atomic E-state index is 0.0826. The number of carbonyl (C=O) groups excluding carboxylic acids is 2. The smallest absolute Gasteiger partial charge is 0.324 e. The molecular formula is C26H26N8O6. The highest BCUT2D eigenvalue weighted by atomic mass is 16.5. The molecule has 206 valence electrons. The average molecular weight is 547 g/mol. The zero-order chi connectivity index (χ0) is 27.6. The molecule has 2 aliphatic rings. The Morgan fingerprint density at radius 3 is 2.80 bits per heavy atom. The number of esters is 1. The van der Waals surface area contributed by atoms with Crippen molar-refractivity contribution in [1.29, 1.82) is 0 Å². The van der Waals surface area contributed by atoms with Gasteiger partial charge in [0.15, 0.2) is 17.1 Å². The predicted molar refractivity (Wildman–Crippen MR) is 143 cm³/mol. The van der Waals surface area contributed by atoms with Crippen LogP contribution in [-0.2, 0) is 14.3 Å². The van der Waals surface area contributed by atoms with Gasteiger partial charge in [-0.3, -0.25) is 14.6 Å². The number of hydrogen-bond donors (Lipinski definition) is 2. The van der Waals surface area contributed by atoms with Gasteiger partial charge in [-0.2, -0.15) is 4.98 Å². The monoisotopic (exact) mass is 546 g/mol. The third kappa shape index (κ3) is 5.21. The lowest BCUT2D eigenvalue weighted by molar-refractivity contribution is -0.137. The molecule has 0 bridgehead atoms. The highest BCUT2D eigenvalue weighted by Gasteiger charge is 2.26. The summed E-state index contributed by atoms with van der Waals surface area (Å²) in [6.45, 7) is 4.68. The molecule has 0 unspecified atom stereocenters. The standard InChI is InChI=1S/C26H26N8O6/c1-15-10-16(2-4-28-15)25-30-19(14-38-25)24(36)29-18-11-20-22(32-26(40-20)33-6-8-37-9-7-33)31-23(18)34-5-3-17(13-34)39-21(35)12-27/h2-4,10-11,14H,5-9,12-13,27H2,1H3,(H,29,36). The molecular weight excluding hydrogens is 520 g/mol. The van der Waals surface area contributed by atoms with E-state index >= 15 is 0 Å². The van der Waals surface area contributed by atoms with Gasteiger partial charge in [-0.1, -0.05) is 0 Å². The summed E-state index contributed by atoms with van der Waals surface area (Å²) in [7, 11) is 0. The Hall–Kier alpha value is -4.82. The molecule has 14 heteroatoms. The van der Waals surface area contributed by atoms with Gasteiger partial charge >= 0.3 is 5.97 Å². The highest BCUT2D eigenvalue weighted by molar-refractivity contribution is 6.05. The number of nitrogens with one attached hydrogen (secondary N) is 1. The Balaban J connectivity index is 1.30. The van der Waals surface area contributed by atoms with Crippen LogP contribution in [0.25, 0.3) is 22.7 Å². The van der Waals surface area contributed by atoms with Crippen LogP contribution in [0.5, 0.6) is 0 Å². The predicted octanol–water partition coefficient (Wildman–Crippen LogP) is 1.88. The molecule has 1 fully saturated rings. The van der Waals surface area contributed by atoms with E-state index in [-0.39, 0.29) is 18.8 Å². The lowest BCUT2D eigenvalue weighted by Gasteiger charge is -2.24. The number of morpholine rings is 1. The van der Waals surface area contributed by atoms with Crippen molar-refractivity contribution in [2.75, 3.05) is 61.1 Å². The Labute approximate surface area is 227 Å². The minimum Gasteiger partial charge on any atom is -0.444 e. The van der Waals surface area contributed by atoms with E-state index in [4.69, 9.17) is 29.0 Å². The fourth-order valence-corrected chi connectivity index (χ4v) is 4.39. The second kappa shape index (κ2) is 10.7. The SMILES string of the molecule is Cc1cc(-c2nc(C(=O)Nc3cc4oc(N5CCOCC5)nc4nc3N3CC=C(OC(=O)CN)C3)co2)ccn1. The van der Waals surface area contributed by atoms with E-state index in [1.807, 2.05) is 22.8 Å². The number of nitrogens with zero attached hydrogens (tertiary/aromatic N) is 6. The number of carbonyl (C=O) groups is 2. The van der Waals surface area contributed by atoms with Crippen LogP contribution in [0.3, 0.4) is 0 Å². The molecule has 6 rings (SSSR count). The largest absolute Gasteiger partial charge is 0.444 e. The summed E-state index contributed by atoms with van der Waals surface area (Å²) in [4.78, 5) is 46.6. The molecule has 0 aliphatic carbocycles. The quantitative estimate of drug-likeness (QED) is 0.322. The number of ether oxygens (including phenoxy) is 2. The third-order valence-corrected chi connectivity index (χ3v) is 6.36. The molecule has 14 nitrogen and oxygen atoms in total. The van der Waals surface area contributed by atoms with E-state index in [1.54, 1.807) is 24.4 Å². The van der Waals surface area contributed by atoms with Gasteiger partial charge in [-0.05, 0) is 25.1 Å². The summed E-state index contributed by atoms with van der Waals surface area (Å²) < 4.78 is 22.3. The summed E-state index contributed by atoms with van der Waals surface area (Å²) in [6, 6.07) is 5.66. The molecule has 2 aliphatic heterocycles. The van der Waals surface area contributed by atoms with Crippen LogP contribution in [0, 0.1) is 6.92 Å². The average Bonchev–Trinajstić information content (AvgIpc) is 3.73. The van der Waals surface area contributed by atoms with Crippen LogP contribution >= 0.6 is 0 Å². The van der Waals surface area contributed by atoms with E-state index in [2.05, 4.69) is 20.3 Å². The molecule has 1 amide bonds. The second-order valence-corrected chi connectivity index (χ2v) is 9.18. The Bertz CT molecular complexity index is 1610. The summed E-state index contributed by atoms with van der Waals surface area (Å²) in [5.41, 5.74) is 8.10. The van der Waals surface area contributed by atoms with E-state index in [9.17, 15) is 9.59 Å². The number of anilines is 3. The summed E-state index contributed by atoms with van der Waals surface area (Å²) in [6.07, 6.45) is 4.69. The maximum absolute atomic E-state index is 13.3. The van der Waals surface area contributed by atoms with Crippen molar-refractivity contribution < 1.29 is 27.9 Å². The van der Waals surface area contributed by atoms with Gasteiger partial charge < -0.3 is 39.2 Å². The minimum atomic E-state index is -0.539. The number of oxazole rings is 2. The van der Waals surface area contributed by atoms with Crippen LogP contribution < -0.4 is 20.9 Å². The maximum atomic E-state index is 13.3. The molecule has 0 saturated carbocycles. The Kier molecular flexibility index (Phi) is 6.84. The first-order chi connectivity index (χ1) is 19.5. The van der Waals surface area contributed by atoms with Crippen molar-refractivity contribution in [2.45, 2.75) is 6.92 Å². The lowest BCUT2D eigenvalue weighted by Crippen LogP contribution is -2.36. The van der Waals surface area contributed by atoms with Gasteiger partial charge in [-0.15, -0.1) is 0 Å². The number of aromatic nitrogens is 4. The Morgan fingerprint density at radius 2 is 2.00 bits per heavy atom. The van der Waals surface area contributed by atoms with Gasteiger partial charge in [0.05, 0.1) is 32.0 Å². The number of hydrogen-bond acceptors (Lipinski definition) is 13. The Morgan fingerprint density at radius 1 is 1.15 bits per heavy atom. The topological polar surface area (TPSA) is 175 Å². The van der Waals surface area contributed by atoms with E-state index < -0.39 is 11.9 Å². The first kappa shape index (κ1) is 25.5. The molecule has 0 spiro atoms. The third-order valence-electron chi connectivity index (χ3n) is 6.36. The normalized spacial score (nSPS) is 15.4. The lowest BCUT2D eigenvalue weighted by atomic mass is 10.2. The first-order valence-electron chi connectivity index (χ1n) is 12.7. The first-order valence-corrected chi connectivity index (χ1v) is 12.7.